The van der Waals surface area contributed by atoms with Gasteiger partial charge >= 0.3 is 0 Å². The Morgan fingerprint density at radius 2 is 1.90 bits per heavy atom. The third-order valence-electron chi connectivity index (χ3n) is 5.28. The first kappa shape index (κ1) is 23.2. The molecule has 0 saturated heterocycles. The summed E-state index contributed by atoms with van der Waals surface area (Å²) in [5.41, 5.74) is 2.41. The predicted molar refractivity (Wildman–Crippen MR) is 122 cm³/mol. The van der Waals surface area contributed by atoms with Crippen LogP contribution in [0.4, 0.5) is 0 Å². The van der Waals surface area contributed by atoms with E-state index in [-0.39, 0.29) is 10.8 Å². The normalized spacial score (nSPS) is 11.9. The van der Waals surface area contributed by atoms with Gasteiger partial charge in [0.05, 0.1) is 15.9 Å². The van der Waals surface area contributed by atoms with E-state index in [1.807, 2.05) is 42.8 Å². The molecule has 1 heterocycles. The number of benzene rings is 2. The second-order valence-corrected chi connectivity index (χ2v) is 10.2. The monoisotopic (exact) mass is 462 g/mol. The minimum absolute atomic E-state index is 0.0328. The highest BCUT2D eigenvalue weighted by atomic mass is 35.5. The van der Waals surface area contributed by atoms with Crippen molar-refractivity contribution in [3.63, 3.8) is 0 Å². The zero-order valence-corrected chi connectivity index (χ0v) is 19.7. The first-order chi connectivity index (χ1) is 14.6. The highest BCUT2D eigenvalue weighted by Gasteiger charge is 2.20. The molecule has 1 amide bonds. The maximum absolute atomic E-state index is 12.8. The van der Waals surface area contributed by atoms with Gasteiger partial charge in [-0.3, -0.25) is 4.79 Å². The summed E-state index contributed by atoms with van der Waals surface area (Å²) >= 11 is 6.05. The van der Waals surface area contributed by atoms with Gasteiger partial charge in [-0.15, -0.1) is 0 Å². The van der Waals surface area contributed by atoms with Crippen LogP contribution in [0.2, 0.25) is 5.02 Å². The molecular weight excluding hydrogens is 436 g/mol. The lowest BCUT2D eigenvalue weighted by Gasteiger charge is -2.21. The number of aryl methyl sites for hydroxylation is 2. The van der Waals surface area contributed by atoms with Gasteiger partial charge in [0.2, 0.25) is 15.9 Å². The molecule has 0 unspecified atom stereocenters. The Morgan fingerprint density at radius 3 is 2.55 bits per heavy atom. The van der Waals surface area contributed by atoms with Crippen LogP contribution in [0.5, 0.6) is 0 Å². The Balaban J connectivity index is 1.75. The van der Waals surface area contributed by atoms with Crippen molar-refractivity contribution in [2.24, 2.45) is 7.05 Å². The molecule has 2 aromatic carbocycles. The molecular formula is C22H27ClN4O3S. The summed E-state index contributed by atoms with van der Waals surface area (Å²) in [5, 5.41) is 0.649. The van der Waals surface area contributed by atoms with Gasteiger partial charge in [0, 0.05) is 52.1 Å². The van der Waals surface area contributed by atoms with Gasteiger partial charge in [-0.05, 0) is 42.8 Å². The van der Waals surface area contributed by atoms with Gasteiger partial charge in [-0.25, -0.2) is 17.7 Å². The standard InChI is InChI=1S/C22H27ClN4O3S/c1-5-27(15-16-7-6-8-17(23)13-16)22(28)12-11-21-24-19-14-18(31(29,30)25(2)3)9-10-20(19)26(21)4/h6-10,13-14H,5,11-12,15H2,1-4H3. The van der Waals surface area contributed by atoms with E-state index >= 15 is 0 Å². The minimum atomic E-state index is -3.53. The number of hydrogen-bond donors (Lipinski definition) is 0. The molecule has 3 rings (SSSR count). The van der Waals surface area contributed by atoms with Gasteiger partial charge in [0.1, 0.15) is 5.82 Å². The summed E-state index contributed by atoms with van der Waals surface area (Å²) < 4.78 is 27.9. The third kappa shape index (κ3) is 5.08. The van der Waals surface area contributed by atoms with Crippen molar-refractivity contribution >= 4 is 38.6 Å². The third-order valence-corrected chi connectivity index (χ3v) is 7.33. The smallest absolute Gasteiger partial charge is 0.242 e. The van der Waals surface area contributed by atoms with Crippen molar-refractivity contribution in [1.82, 2.24) is 18.8 Å². The molecule has 0 atom stereocenters. The van der Waals surface area contributed by atoms with Crippen molar-refractivity contribution in [2.75, 3.05) is 20.6 Å². The van der Waals surface area contributed by atoms with Crippen LogP contribution in [0.1, 0.15) is 24.7 Å². The highest BCUT2D eigenvalue weighted by Crippen LogP contribution is 2.22. The van der Waals surface area contributed by atoms with Gasteiger partial charge in [-0.2, -0.15) is 0 Å². The average molecular weight is 463 g/mol. The van der Waals surface area contributed by atoms with Crippen molar-refractivity contribution in [2.45, 2.75) is 31.2 Å². The van der Waals surface area contributed by atoms with Crippen LogP contribution >= 0.6 is 11.6 Å². The van der Waals surface area contributed by atoms with Gasteiger partial charge < -0.3 is 9.47 Å². The van der Waals surface area contributed by atoms with Crippen LogP contribution in [0, 0.1) is 0 Å². The molecule has 0 aliphatic rings. The van der Waals surface area contributed by atoms with Crippen LogP contribution in [0.3, 0.4) is 0 Å². The lowest BCUT2D eigenvalue weighted by Crippen LogP contribution is -2.30. The molecule has 166 valence electrons. The molecule has 0 spiro atoms. The van der Waals surface area contributed by atoms with E-state index < -0.39 is 10.0 Å². The van der Waals surface area contributed by atoms with Crippen LogP contribution in [0.25, 0.3) is 11.0 Å². The van der Waals surface area contributed by atoms with E-state index in [1.165, 1.54) is 18.4 Å². The Labute approximate surface area is 188 Å². The Morgan fingerprint density at radius 1 is 1.16 bits per heavy atom. The quantitative estimate of drug-likeness (QED) is 0.513. The molecule has 1 aromatic heterocycles. The van der Waals surface area contributed by atoms with Gasteiger partial charge in [0.25, 0.3) is 0 Å². The molecule has 0 radical (unpaired) electrons. The lowest BCUT2D eigenvalue weighted by molar-refractivity contribution is -0.131. The second kappa shape index (κ2) is 9.38. The fourth-order valence-electron chi connectivity index (χ4n) is 3.43. The topological polar surface area (TPSA) is 75.5 Å². The van der Waals surface area contributed by atoms with Crippen LogP contribution in [-0.2, 0) is 34.8 Å². The van der Waals surface area contributed by atoms with Crippen LogP contribution in [-0.4, -0.2) is 53.7 Å². The summed E-state index contributed by atoms with van der Waals surface area (Å²) in [6.45, 7) is 3.05. The maximum Gasteiger partial charge on any atom is 0.242 e. The number of sulfonamides is 1. The Kier molecular flexibility index (Phi) is 7.03. The zero-order valence-electron chi connectivity index (χ0n) is 18.2. The fourth-order valence-corrected chi connectivity index (χ4v) is 4.57. The first-order valence-electron chi connectivity index (χ1n) is 10.0. The predicted octanol–water partition coefficient (Wildman–Crippen LogP) is 3.46. The van der Waals surface area contributed by atoms with Gasteiger partial charge in [0.15, 0.2) is 0 Å². The molecule has 0 aliphatic heterocycles. The van der Waals surface area contributed by atoms with Crippen LogP contribution < -0.4 is 0 Å². The van der Waals surface area contributed by atoms with Crippen molar-refractivity contribution in [3.8, 4) is 0 Å². The van der Waals surface area contributed by atoms with Crippen molar-refractivity contribution in [1.29, 1.82) is 0 Å². The number of halogens is 1. The summed E-state index contributed by atoms with van der Waals surface area (Å²) in [5.74, 6) is 0.770. The number of nitrogens with zero attached hydrogens (tertiary/aromatic N) is 4. The van der Waals surface area contributed by atoms with E-state index in [4.69, 9.17) is 11.6 Å². The highest BCUT2D eigenvalue weighted by molar-refractivity contribution is 7.89. The number of carbonyl (C=O) groups is 1. The van der Waals surface area contributed by atoms with Gasteiger partial charge in [-0.1, -0.05) is 23.7 Å². The summed E-state index contributed by atoms with van der Waals surface area (Å²) in [6.07, 6.45) is 0.778. The number of hydrogen-bond acceptors (Lipinski definition) is 4. The SMILES string of the molecule is CCN(Cc1cccc(Cl)c1)C(=O)CCc1nc2cc(S(=O)(=O)N(C)C)ccc2n1C. The van der Waals surface area contributed by atoms with Crippen LogP contribution in [0.15, 0.2) is 47.4 Å². The maximum atomic E-state index is 12.8. The molecule has 31 heavy (non-hydrogen) atoms. The van der Waals surface area contributed by atoms with Crippen molar-refractivity contribution < 1.29 is 13.2 Å². The average Bonchev–Trinajstić information content (AvgIpc) is 3.05. The van der Waals surface area contributed by atoms with E-state index in [0.717, 1.165) is 16.9 Å². The van der Waals surface area contributed by atoms with E-state index in [2.05, 4.69) is 4.98 Å². The molecule has 3 aromatic rings. The molecule has 7 nitrogen and oxygen atoms in total. The molecule has 0 N–H and O–H groups in total. The minimum Gasteiger partial charge on any atom is -0.339 e. The van der Waals surface area contributed by atoms with E-state index in [0.29, 0.717) is 36.5 Å². The molecule has 0 bridgehead atoms. The van der Waals surface area contributed by atoms with E-state index in [1.54, 1.807) is 23.1 Å². The number of aromatic nitrogens is 2. The molecule has 0 saturated carbocycles. The number of amides is 1. The summed E-state index contributed by atoms with van der Waals surface area (Å²) in [4.78, 5) is 19.4. The first-order valence-corrected chi connectivity index (χ1v) is 11.9. The summed E-state index contributed by atoms with van der Waals surface area (Å²) in [6, 6.07) is 12.4. The molecule has 0 fully saturated rings. The number of carbonyl (C=O) groups excluding carboxylic acids is 1. The number of imidazole rings is 1. The van der Waals surface area contributed by atoms with Crippen molar-refractivity contribution in [3.05, 3.63) is 58.9 Å². The number of fused-ring (bicyclic) bond motifs is 1. The Bertz CT molecular complexity index is 1200. The number of rotatable bonds is 8. The second-order valence-electron chi connectivity index (χ2n) is 7.56. The fraction of sp³-hybridized carbons (Fsp3) is 0.364. The Hall–Kier alpha value is -2.42. The summed E-state index contributed by atoms with van der Waals surface area (Å²) in [7, 11) is 1.34. The lowest BCUT2D eigenvalue weighted by atomic mass is 10.2. The molecule has 9 heteroatoms. The largest absolute Gasteiger partial charge is 0.339 e. The zero-order chi connectivity index (χ0) is 22.8. The molecule has 0 aliphatic carbocycles. The van der Waals surface area contributed by atoms with E-state index in [9.17, 15) is 13.2 Å².